The molecule has 0 aliphatic carbocycles. The zero-order chi connectivity index (χ0) is 4.28. The van der Waals surface area contributed by atoms with Crippen molar-refractivity contribution in [2.75, 3.05) is 0 Å². The van der Waals surface area contributed by atoms with E-state index in [4.69, 9.17) is 0 Å². The zero-order valence-corrected chi connectivity index (χ0v) is 5.00. The summed E-state index contributed by atoms with van der Waals surface area (Å²) in [6.07, 6.45) is 2.94. The van der Waals surface area contributed by atoms with Crippen LogP contribution in [-0.2, 0) is 0 Å². The summed E-state index contributed by atoms with van der Waals surface area (Å²) in [5.41, 5.74) is 1.25. The van der Waals surface area contributed by atoms with Crippen molar-refractivity contribution in [3.05, 3.63) is 11.6 Å². The SMILES string of the molecule is C[C-]=C(C)C.[Li+]. The van der Waals surface area contributed by atoms with E-state index in [-0.39, 0.29) is 18.9 Å². The molecule has 0 atom stereocenters. The van der Waals surface area contributed by atoms with Crippen molar-refractivity contribution in [2.45, 2.75) is 20.8 Å². The van der Waals surface area contributed by atoms with E-state index in [1.165, 1.54) is 5.57 Å². The summed E-state index contributed by atoms with van der Waals surface area (Å²) in [5.74, 6) is 0. The fourth-order valence-corrected chi connectivity index (χ4v) is 0. The Hall–Kier alpha value is 0.337. The largest absolute Gasteiger partial charge is 1.00 e. The molecule has 6 heavy (non-hydrogen) atoms. The molecule has 0 saturated carbocycles. The fraction of sp³-hybridized carbons (Fsp3) is 0.600. The minimum atomic E-state index is 0. The third-order valence-corrected chi connectivity index (χ3v) is 0.500. The standard InChI is InChI=1S/C5H9.Li/c1-4-5(2)3;/h1-3H3;/q-1;+1. The average Bonchev–Trinajstić information content (AvgIpc) is 1.38. The van der Waals surface area contributed by atoms with Gasteiger partial charge in [0.05, 0.1) is 0 Å². The summed E-state index contributed by atoms with van der Waals surface area (Å²) >= 11 is 0. The summed E-state index contributed by atoms with van der Waals surface area (Å²) in [7, 11) is 0. The Morgan fingerprint density at radius 1 is 1.33 bits per heavy atom. The number of allylic oxidation sites excluding steroid dienone is 2. The van der Waals surface area contributed by atoms with Crippen molar-refractivity contribution in [1.82, 2.24) is 0 Å². The predicted octanol–water partition coefficient (Wildman–Crippen LogP) is -1.22. The van der Waals surface area contributed by atoms with E-state index < -0.39 is 0 Å². The van der Waals surface area contributed by atoms with E-state index in [2.05, 4.69) is 6.08 Å². The van der Waals surface area contributed by atoms with Crippen LogP contribution in [-0.4, -0.2) is 0 Å². The van der Waals surface area contributed by atoms with Gasteiger partial charge in [-0.2, -0.15) is 6.92 Å². The maximum Gasteiger partial charge on any atom is 1.00 e. The quantitative estimate of drug-likeness (QED) is 0.250. The minimum absolute atomic E-state index is 0. The summed E-state index contributed by atoms with van der Waals surface area (Å²) in [6, 6.07) is 0. The first-order chi connectivity index (χ1) is 2.27. The Bertz CT molecular complexity index is 41.9. The van der Waals surface area contributed by atoms with Gasteiger partial charge in [-0.3, -0.25) is 5.57 Å². The smallest absolute Gasteiger partial charge is 0.501 e. The molecule has 0 unspecified atom stereocenters. The van der Waals surface area contributed by atoms with Crippen LogP contribution in [0.3, 0.4) is 0 Å². The first-order valence-electron chi connectivity index (χ1n) is 1.75. The maximum atomic E-state index is 2.94. The first-order valence-corrected chi connectivity index (χ1v) is 1.75. The van der Waals surface area contributed by atoms with Crippen LogP contribution in [0.15, 0.2) is 5.57 Å². The average molecular weight is 76.1 g/mol. The van der Waals surface area contributed by atoms with Crippen molar-refractivity contribution in [2.24, 2.45) is 0 Å². The topological polar surface area (TPSA) is 0 Å². The molecule has 0 bridgehead atoms. The summed E-state index contributed by atoms with van der Waals surface area (Å²) < 4.78 is 0. The summed E-state index contributed by atoms with van der Waals surface area (Å²) in [5, 5.41) is 0. The van der Waals surface area contributed by atoms with Crippen LogP contribution in [0.5, 0.6) is 0 Å². The van der Waals surface area contributed by atoms with Gasteiger partial charge >= 0.3 is 18.9 Å². The van der Waals surface area contributed by atoms with Crippen molar-refractivity contribution < 1.29 is 18.9 Å². The molecule has 0 rings (SSSR count). The number of hydrogen-bond acceptors (Lipinski definition) is 0. The zero-order valence-electron chi connectivity index (χ0n) is 5.00. The van der Waals surface area contributed by atoms with Gasteiger partial charge in [0, 0.05) is 0 Å². The third-order valence-electron chi connectivity index (χ3n) is 0.500. The molecule has 0 radical (unpaired) electrons. The molecule has 0 aliphatic rings. The Balaban J connectivity index is 0. The van der Waals surface area contributed by atoms with Crippen LogP contribution in [0, 0.1) is 6.08 Å². The molecule has 1 heteroatoms. The Morgan fingerprint density at radius 3 is 1.50 bits per heavy atom. The van der Waals surface area contributed by atoms with Crippen LogP contribution in [0.1, 0.15) is 20.8 Å². The van der Waals surface area contributed by atoms with Gasteiger partial charge in [-0.25, -0.2) is 0 Å². The second-order valence-electron chi connectivity index (χ2n) is 1.25. The van der Waals surface area contributed by atoms with Crippen molar-refractivity contribution in [1.29, 1.82) is 0 Å². The van der Waals surface area contributed by atoms with Gasteiger partial charge in [0.2, 0.25) is 0 Å². The molecule has 0 aliphatic heterocycles. The van der Waals surface area contributed by atoms with Gasteiger partial charge in [-0.1, -0.05) is 13.8 Å². The van der Waals surface area contributed by atoms with Crippen LogP contribution in [0.2, 0.25) is 0 Å². The Kier molecular flexibility index (Phi) is 8.54. The minimum Gasteiger partial charge on any atom is -0.501 e. The maximum absolute atomic E-state index is 2.94. The van der Waals surface area contributed by atoms with Gasteiger partial charge in [0.1, 0.15) is 0 Å². The van der Waals surface area contributed by atoms with E-state index in [0.717, 1.165) is 0 Å². The molecule has 0 saturated heterocycles. The molecule has 0 N–H and O–H groups in total. The van der Waals surface area contributed by atoms with Crippen molar-refractivity contribution in [3.8, 4) is 0 Å². The molecule has 30 valence electrons. The van der Waals surface area contributed by atoms with Crippen molar-refractivity contribution in [3.63, 3.8) is 0 Å². The van der Waals surface area contributed by atoms with Crippen molar-refractivity contribution >= 4 is 0 Å². The van der Waals surface area contributed by atoms with Gasteiger partial charge in [-0.15, -0.1) is 0 Å². The molecule has 0 aromatic carbocycles. The third kappa shape index (κ3) is 8.84. The van der Waals surface area contributed by atoms with E-state index in [1.54, 1.807) is 0 Å². The van der Waals surface area contributed by atoms with E-state index in [9.17, 15) is 0 Å². The van der Waals surface area contributed by atoms with Crippen LogP contribution >= 0.6 is 0 Å². The molecule has 0 spiro atoms. The number of hydrogen-bond donors (Lipinski definition) is 0. The van der Waals surface area contributed by atoms with E-state index in [0.29, 0.717) is 0 Å². The second kappa shape index (κ2) is 5.34. The van der Waals surface area contributed by atoms with Crippen LogP contribution in [0.25, 0.3) is 0 Å². The molecule has 0 aromatic rings. The summed E-state index contributed by atoms with van der Waals surface area (Å²) in [6.45, 7) is 5.97. The summed E-state index contributed by atoms with van der Waals surface area (Å²) in [4.78, 5) is 0. The van der Waals surface area contributed by atoms with Crippen LogP contribution in [0.4, 0.5) is 0 Å². The predicted molar refractivity (Wildman–Crippen MR) is 23.8 cm³/mol. The van der Waals surface area contributed by atoms with Crippen LogP contribution < -0.4 is 18.9 Å². The fourth-order valence-electron chi connectivity index (χ4n) is 0. The molecule has 0 nitrogen and oxygen atoms in total. The second-order valence-corrected chi connectivity index (χ2v) is 1.25. The Labute approximate surface area is 51.8 Å². The van der Waals surface area contributed by atoms with Gasteiger partial charge in [0.15, 0.2) is 0 Å². The van der Waals surface area contributed by atoms with E-state index >= 15 is 0 Å². The first kappa shape index (κ1) is 9.60. The monoisotopic (exact) mass is 76.1 g/mol. The molecular weight excluding hydrogens is 67.0 g/mol. The normalized spacial score (nSPS) is 5.83. The van der Waals surface area contributed by atoms with Gasteiger partial charge in [0.25, 0.3) is 0 Å². The van der Waals surface area contributed by atoms with E-state index in [1.807, 2.05) is 20.8 Å². The number of rotatable bonds is 0. The molecule has 0 aromatic heterocycles. The van der Waals surface area contributed by atoms with Gasteiger partial charge < -0.3 is 6.08 Å². The van der Waals surface area contributed by atoms with Gasteiger partial charge in [-0.05, 0) is 0 Å². The Morgan fingerprint density at radius 2 is 1.50 bits per heavy atom. The molecule has 0 fully saturated rings. The molecular formula is C5H9Li. The molecule has 0 heterocycles. The molecule has 0 amide bonds.